The highest BCUT2D eigenvalue weighted by molar-refractivity contribution is 5.39. The summed E-state index contributed by atoms with van der Waals surface area (Å²) in [6.07, 6.45) is 3.98. The molecule has 1 unspecified atom stereocenters. The van der Waals surface area contributed by atoms with Gasteiger partial charge in [0.1, 0.15) is 0 Å². The van der Waals surface area contributed by atoms with Crippen molar-refractivity contribution in [2.75, 3.05) is 13.1 Å². The highest BCUT2D eigenvalue weighted by atomic mass is 14.9. The molecular weight excluding hydrogens is 218 g/mol. The van der Waals surface area contributed by atoms with Crippen molar-refractivity contribution in [3.63, 3.8) is 0 Å². The van der Waals surface area contributed by atoms with Gasteiger partial charge >= 0.3 is 0 Å². The molecule has 100 valence electrons. The first-order valence-corrected chi connectivity index (χ1v) is 7.38. The van der Waals surface area contributed by atoms with Crippen LogP contribution < -0.4 is 5.32 Å². The second-order valence-electron chi connectivity index (χ2n) is 6.19. The maximum Gasteiger partial charge on any atom is -0.00173 e. The fourth-order valence-corrected chi connectivity index (χ4v) is 2.92. The van der Waals surface area contributed by atoms with Gasteiger partial charge in [0.25, 0.3) is 0 Å². The van der Waals surface area contributed by atoms with Gasteiger partial charge in [-0.2, -0.15) is 0 Å². The van der Waals surface area contributed by atoms with E-state index >= 15 is 0 Å². The van der Waals surface area contributed by atoms with Crippen molar-refractivity contribution < 1.29 is 0 Å². The fourth-order valence-electron chi connectivity index (χ4n) is 2.92. The summed E-state index contributed by atoms with van der Waals surface area (Å²) in [6.45, 7) is 11.5. The minimum absolute atomic E-state index is 0.632. The van der Waals surface area contributed by atoms with Gasteiger partial charge in [-0.05, 0) is 80.3 Å². The van der Waals surface area contributed by atoms with Crippen LogP contribution in [-0.2, 0) is 6.42 Å². The molecule has 0 aliphatic carbocycles. The standard InChI is InChI=1S/C17H27N/c1-12(2)16-8-13(3)14(4)17(10-16)9-15-6-5-7-18-11-15/h8,10,12,15,18H,5-7,9,11H2,1-4H3. The van der Waals surface area contributed by atoms with E-state index in [-0.39, 0.29) is 0 Å². The first-order valence-electron chi connectivity index (χ1n) is 7.38. The molecule has 1 aromatic rings. The lowest BCUT2D eigenvalue weighted by Gasteiger charge is -2.24. The molecule has 1 saturated heterocycles. The quantitative estimate of drug-likeness (QED) is 0.849. The van der Waals surface area contributed by atoms with Crippen LogP contribution in [0.15, 0.2) is 12.1 Å². The lowest BCUT2D eigenvalue weighted by atomic mass is 9.86. The molecule has 1 heteroatoms. The summed E-state index contributed by atoms with van der Waals surface area (Å²) in [5.74, 6) is 1.46. The molecule has 0 saturated carbocycles. The highest BCUT2D eigenvalue weighted by Crippen LogP contribution is 2.25. The number of nitrogens with one attached hydrogen (secondary N) is 1. The molecule has 1 aliphatic heterocycles. The SMILES string of the molecule is Cc1cc(C(C)C)cc(CC2CCCNC2)c1C. The Hall–Kier alpha value is -0.820. The van der Waals surface area contributed by atoms with Gasteiger partial charge in [-0.15, -0.1) is 0 Å². The number of piperidine rings is 1. The zero-order valence-corrected chi connectivity index (χ0v) is 12.3. The van der Waals surface area contributed by atoms with Gasteiger partial charge in [0.05, 0.1) is 0 Å². The average Bonchev–Trinajstić information content (AvgIpc) is 2.35. The molecule has 18 heavy (non-hydrogen) atoms. The fraction of sp³-hybridized carbons (Fsp3) is 0.647. The highest BCUT2D eigenvalue weighted by Gasteiger charge is 2.16. The first-order chi connectivity index (χ1) is 8.58. The Morgan fingerprint density at radius 2 is 2.06 bits per heavy atom. The number of aryl methyl sites for hydroxylation is 1. The molecule has 1 nitrogen and oxygen atoms in total. The third-order valence-corrected chi connectivity index (χ3v) is 4.37. The summed E-state index contributed by atoms with van der Waals surface area (Å²) in [4.78, 5) is 0. The Labute approximate surface area is 112 Å². The lowest BCUT2D eigenvalue weighted by molar-refractivity contribution is 0.375. The molecule has 1 aromatic carbocycles. The van der Waals surface area contributed by atoms with Crippen LogP contribution in [0.5, 0.6) is 0 Å². The van der Waals surface area contributed by atoms with Crippen molar-refractivity contribution >= 4 is 0 Å². The molecule has 2 rings (SSSR count). The Balaban J connectivity index is 2.19. The predicted octanol–water partition coefficient (Wildman–Crippen LogP) is 3.97. The van der Waals surface area contributed by atoms with E-state index in [4.69, 9.17) is 0 Å². The van der Waals surface area contributed by atoms with E-state index in [1.165, 1.54) is 49.0 Å². The van der Waals surface area contributed by atoms with Crippen LogP contribution >= 0.6 is 0 Å². The Bertz CT molecular complexity index is 400. The monoisotopic (exact) mass is 245 g/mol. The van der Waals surface area contributed by atoms with Gasteiger partial charge in [0.15, 0.2) is 0 Å². The maximum atomic E-state index is 3.53. The van der Waals surface area contributed by atoms with Crippen molar-refractivity contribution in [3.8, 4) is 0 Å². The van der Waals surface area contributed by atoms with Crippen LogP contribution in [0.25, 0.3) is 0 Å². The van der Waals surface area contributed by atoms with Gasteiger partial charge in [-0.25, -0.2) is 0 Å². The summed E-state index contributed by atoms with van der Waals surface area (Å²) in [7, 11) is 0. The Morgan fingerprint density at radius 3 is 2.67 bits per heavy atom. The summed E-state index contributed by atoms with van der Waals surface area (Å²) < 4.78 is 0. The third kappa shape index (κ3) is 3.14. The molecule has 1 heterocycles. The van der Waals surface area contributed by atoms with Crippen molar-refractivity contribution in [1.29, 1.82) is 0 Å². The van der Waals surface area contributed by atoms with Gasteiger partial charge < -0.3 is 5.32 Å². The second-order valence-corrected chi connectivity index (χ2v) is 6.19. The summed E-state index contributed by atoms with van der Waals surface area (Å²) in [5, 5.41) is 3.53. The number of rotatable bonds is 3. The summed E-state index contributed by atoms with van der Waals surface area (Å²) >= 11 is 0. The van der Waals surface area contributed by atoms with Gasteiger partial charge in [-0.3, -0.25) is 0 Å². The van der Waals surface area contributed by atoms with E-state index in [2.05, 4.69) is 45.1 Å². The molecule has 0 radical (unpaired) electrons. The van der Waals surface area contributed by atoms with E-state index < -0.39 is 0 Å². The van der Waals surface area contributed by atoms with Crippen LogP contribution in [0.1, 0.15) is 54.9 Å². The Kier molecular flexibility index (Phi) is 4.45. The minimum atomic E-state index is 0.632. The van der Waals surface area contributed by atoms with E-state index in [9.17, 15) is 0 Å². The summed E-state index contributed by atoms with van der Waals surface area (Å²) in [5.41, 5.74) is 6.04. The molecule has 1 N–H and O–H groups in total. The molecule has 0 spiro atoms. The second kappa shape index (κ2) is 5.88. The van der Waals surface area contributed by atoms with Crippen molar-refractivity contribution in [3.05, 3.63) is 34.4 Å². The van der Waals surface area contributed by atoms with Gasteiger partial charge in [-0.1, -0.05) is 26.0 Å². The summed E-state index contributed by atoms with van der Waals surface area (Å²) in [6, 6.07) is 4.81. The molecule has 1 atom stereocenters. The largest absolute Gasteiger partial charge is 0.316 e. The zero-order chi connectivity index (χ0) is 13.1. The number of benzene rings is 1. The van der Waals surface area contributed by atoms with Crippen molar-refractivity contribution in [2.24, 2.45) is 5.92 Å². The average molecular weight is 245 g/mol. The van der Waals surface area contributed by atoms with Crippen molar-refractivity contribution in [2.45, 2.75) is 52.9 Å². The molecule has 1 fully saturated rings. The van der Waals surface area contributed by atoms with Crippen LogP contribution in [0.4, 0.5) is 0 Å². The minimum Gasteiger partial charge on any atom is -0.316 e. The topological polar surface area (TPSA) is 12.0 Å². The van der Waals surface area contributed by atoms with E-state index in [0.29, 0.717) is 5.92 Å². The molecule has 0 aromatic heterocycles. The maximum absolute atomic E-state index is 3.53. The van der Waals surface area contributed by atoms with Gasteiger partial charge in [0, 0.05) is 0 Å². The lowest BCUT2D eigenvalue weighted by Crippen LogP contribution is -2.31. The Morgan fingerprint density at radius 1 is 1.28 bits per heavy atom. The number of hydrogen-bond donors (Lipinski definition) is 1. The van der Waals surface area contributed by atoms with E-state index in [1.54, 1.807) is 5.56 Å². The third-order valence-electron chi connectivity index (χ3n) is 4.37. The predicted molar refractivity (Wildman–Crippen MR) is 79.3 cm³/mol. The smallest absolute Gasteiger partial charge is 0.00173 e. The van der Waals surface area contributed by atoms with Crippen LogP contribution in [0, 0.1) is 19.8 Å². The molecule has 0 amide bonds. The number of hydrogen-bond acceptors (Lipinski definition) is 1. The van der Waals surface area contributed by atoms with Gasteiger partial charge in [0.2, 0.25) is 0 Å². The van der Waals surface area contributed by atoms with E-state index in [1.807, 2.05) is 0 Å². The molecule has 0 bridgehead atoms. The van der Waals surface area contributed by atoms with Crippen LogP contribution in [-0.4, -0.2) is 13.1 Å². The van der Waals surface area contributed by atoms with Crippen molar-refractivity contribution in [1.82, 2.24) is 5.32 Å². The normalized spacial score (nSPS) is 20.4. The molecule has 1 aliphatic rings. The zero-order valence-electron chi connectivity index (χ0n) is 12.3. The molecular formula is C17H27N. The van der Waals surface area contributed by atoms with Crippen LogP contribution in [0.2, 0.25) is 0 Å². The van der Waals surface area contributed by atoms with Crippen LogP contribution in [0.3, 0.4) is 0 Å². The van der Waals surface area contributed by atoms with E-state index in [0.717, 1.165) is 5.92 Å². The first kappa shape index (κ1) is 13.6.